The third-order valence-corrected chi connectivity index (χ3v) is 2.62. The number of hydrogen-bond donors (Lipinski definition) is 2. The van der Waals surface area contributed by atoms with Crippen molar-refractivity contribution in [3.63, 3.8) is 0 Å². The minimum Gasteiger partial charge on any atom is -0.382 e. The lowest BCUT2D eigenvalue weighted by Gasteiger charge is -2.09. The molecule has 1 rings (SSSR count). The van der Waals surface area contributed by atoms with E-state index in [9.17, 15) is 0 Å². The standard InChI is InChI=1S/C11H19BrN4O/c1-3-13-11-15-8-9(12)10(16-11)14-6-5-7-17-4-2/h8H,3-7H2,1-2H3,(H2,13,14,15,16). The van der Waals surface area contributed by atoms with Crippen LogP contribution in [0.3, 0.4) is 0 Å². The fourth-order valence-electron chi connectivity index (χ4n) is 1.26. The van der Waals surface area contributed by atoms with E-state index < -0.39 is 0 Å². The Balaban J connectivity index is 2.42. The normalized spacial score (nSPS) is 10.3. The second kappa shape index (κ2) is 8.25. The summed E-state index contributed by atoms with van der Waals surface area (Å²) in [5.74, 6) is 1.45. The first-order valence-electron chi connectivity index (χ1n) is 5.86. The van der Waals surface area contributed by atoms with E-state index in [0.717, 1.165) is 43.0 Å². The highest BCUT2D eigenvalue weighted by Gasteiger charge is 2.03. The molecule has 0 aliphatic rings. The number of ether oxygens (including phenoxy) is 1. The van der Waals surface area contributed by atoms with Crippen LogP contribution in [-0.4, -0.2) is 36.3 Å². The Hall–Kier alpha value is -0.880. The second-order valence-electron chi connectivity index (χ2n) is 3.40. The fraction of sp³-hybridized carbons (Fsp3) is 0.636. The van der Waals surface area contributed by atoms with Gasteiger partial charge in [0.05, 0.1) is 4.47 Å². The van der Waals surface area contributed by atoms with Crippen LogP contribution in [0.25, 0.3) is 0 Å². The molecule has 0 spiro atoms. The molecule has 17 heavy (non-hydrogen) atoms. The Bertz CT molecular complexity index is 335. The molecular formula is C11H19BrN4O. The molecule has 1 aromatic rings. The van der Waals surface area contributed by atoms with Gasteiger partial charge in [-0.15, -0.1) is 0 Å². The topological polar surface area (TPSA) is 59.1 Å². The molecule has 0 atom stereocenters. The zero-order valence-corrected chi connectivity index (χ0v) is 11.9. The second-order valence-corrected chi connectivity index (χ2v) is 4.25. The summed E-state index contributed by atoms with van der Waals surface area (Å²) >= 11 is 3.42. The highest BCUT2D eigenvalue weighted by Crippen LogP contribution is 2.19. The van der Waals surface area contributed by atoms with Crippen molar-refractivity contribution in [1.29, 1.82) is 0 Å². The van der Waals surface area contributed by atoms with E-state index in [2.05, 4.69) is 36.5 Å². The third kappa shape index (κ3) is 5.32. The highest BCUT2D eigenvalue weighted by atomic mass is 79.9. The van der Waals surface area contributed by atoms with Crippen molar-refractivity contribution in [3.8, 4) is 0 Å². The number of hydrogen-bond acceptors (Lipinski definition) is 5. The summed E-state index contributed by atoms with van der Waals surface area (Å²) in [4.78, 5) is 8.51. The molecule has 0 fully saturated rings. The molecule has 2 N–H and O–H groups in total. The number of nitrogens with zero attached hydrogens (tertiary/aromatic N) is 2. The zero-order valence-electron chi connectivity index (χ0n) is 10.3. The van der Waals surface area contributed by atoms with Crippen molar-refractivity contribution in [3.05, 3.63) is 10.7 Å². The lowest BCUT2D eigenvalue weighted by Crippen LogP contribution is -2.09. The number of rotatable bonds is 8. The van der Waals surface area contributed by atoms with Crippen LogP contribution in [-0.2, 0) is 4.74 Å². The van der Waals surface area contributed by atoms with Gasteiger partial charge in [0.15, 0.2) is 0 Å². The molecule has 0 radical (unpaired) electrons. The molecule has 0 unspecified atom stereocenters. The monoisotopic (exact) mass is 302 g/mol. The minimum atomic E-state index is 0.642. The molecule has 0 bridgehead atoms. The molecule has 0 saturated heterocycles. The summed E-state index contributed by atoms with van der Waals surface area (Å²) in [5, 5.41) is 6.33. The molecule has 1 heterocycles. The van der Waals surface area contributed by atoms with Crippen molar-refractivity contribution in [1.82, 2.24) is 9.97 Å². The Morgan fingerprint density at radius 2 is 2.18 bits per heavy atom. The highest BCUT2D eigenvalue weighted by molar-refractivity contribution is 9.10. The maximum Gasteiger partial charge on any atom is 0.224 e. The molecule has 1 aromatic heterocycles. The fourth-order valence-corrected chi connectivity index (χ4v) is 1.59. The van der Waals surface area contributed by atoms with Crippen LogP contribution in [0.5, 0.6) is 0 Å². The predicted molar refractivity (Wildman–Crippen MR) is 73.5 cm³/mol. The Kier molecular flexibility index (Phi) is 6.88. The Morgan fingerprint density at radius 1 is 1.35 bits per heavy atom. The van der Waals surface area contributed by atoms with E-state index in [-0.39, 0.29) is 0 Å². The number of nitrogens with one attached hydrogen (secondary N) is 2. The van der Waals surface area contributed by atoms with Crippen molar-refractivity contribution >= 4 is 27.7 Å². The quantitative estimate of drug-likeness (QED) is 0.723. The van der Waals surface area contributed by atoms with Gasteiger partial charge in [-0.05, 0) is 36.2 Å². The maximum absolute atomic E-state index is 5.27. The van der Waals surface area contributed by atoms with E-state index in [4.69, 9.17) is 4.74 Å². The van der Waals surface area contributed by atoms with E-state index in [1.54, 1.807) is 6.20 Å². The molecule has 96 valence electrons. The summed E-state index contributed by atoms with van der Waals surface area (Å²) in [7, 11) is 0. The molecular weight excluding hydrogens is 284 g/mol. The van der Waals surface area contributed by atoms with Gasteiger partial charge < -0.3 is 15.4 Å². The smallest absolute Gasteiger partial charge is 0.224 e. The van der Waals surface area contributed by atoms with Gasteiger partial charge in [0.2, 0.25) is 5.95 Å². The predicted octanol–water partition coefficient (Wildman–Crippen LogP) is 2.51. The first kappa shape index (κ1) is 14.2. The Labute approximate surface area is 111 Å². The van der Waals surface area contributed by atoms with Gasteiger partial charge in [-0.1, -0.05) is 0 Å². The SMILES string of the molecule is CCNc1ncc(Br)c(NCCCOCC)n1. The summed E-state index contributed by atoms with van der Waals surface area (Å²) < 4.78 is 6.14. The summed E-state index contributed by atoms with van der Waals surface area (Å²) in [5.41, 5.74) is 0. The molecule has 0 aliphatic carbocycles. The van der Waals surface area contributed by atoms with Gasteiger partial charge in [0.1, 0.15) is 5.82 Å². The summed E-state index contributed by atoms with van der Waals surface area (Å²) in [6.45, 7) is 7.19. The van der Waals surface area contributed by atoms with Gasteiger partial charge in [-0.25, -0.2) is 4.98 Å². The van der Waals surface area contributed by atoms with Crippen molar-refractivity contribution < 1.29 is 4.74 Å². The van der Waals surface area contributed by atoms with Crippen molar-refractivity contribution in [2.75, 3.05) is 36.9 Å². The summed E-state index contributed by atoms with van der Waals surface area (Å²) in [6, 6.07) is 0. The molecule has 0 aliphatic heterocycles. The average Bonchev–Trinajstić information content (AvgIpc) is 2.33. The first-order chi connectivity index (χ1) is 8.27. The van der Waals surface area contributed by atoms with Crippen molar-refractivity contribution in [2.24, 2.45) is 0 Å². The van der Waals surface area contributed by atoms with Crippen LogP contribution < -0.4 is 10.6 Å². The lowest BCUT2D eigenvalue weighted by atomic mass is 10.4. The van der Waals surface area contributed by atoms with Crippen LogP contribution in [0.15, 0.2) is 10.7 Å². The molecule has 6 heteroatoms. The minimum absolute atomic E-state index is 0.642. The van der Waals surface area contributed by atoms with Gasteiger partial charge in [0, 0.05) is 32.5 Å². The Morgan fingerprint density at radius 3 is 2.88 bits per heavy atom. The van der Waals surface area contributed by atoms with Crippen LogP contribution >= 0.6 is 15.9 Å². The zero-order chi connectivity index (χ0) is 12.5. The van der Waals surface area contributed by atoms with Gasteiger partial charge in [-0.3, -0.25) is 0 Å². The number of aromatic nitrogens is 2. The van der Waals surface area contributed by atoms with E-state index >= 15 is 0 Å². The van der Waals surface area contributed by atoms with Gasteiger partial charge in [-0.2, -0.15) is 4.98 Å². The van der Waals surface area contributed by atoms with Crippen LogP contribution in [0.4, 0.5) is 11.8 Å². The molecule has 0 aromatic carbocycles. The van der Waals surface area contributed by atoms with E-state index in [1.807, 2.05) is 13.8 Å². The first-order valence-corrected chi connectivity index (χ1v) is 6.65. The van der Waals surface area contributed by atoms with Gasteiger partial charge >= 0.3 is 0 Å². The van der Waals surface area contributed by atoms with Crippen LogP contribution in [0.2, 0.25) is 0 Å². The third-order valence-electron chi connectivity index (χ3n) is 2.04. The van der Waals surface area contributed by atoms with Crippen molar-refractivity contribution in [2.45, 2.75) is 20.3 Å². The van der Waals surface area contributed by atoms with E-state index in [0.29, 0.717) is 5.95 Å². The molecule has 0 amide bonds. The largest absolute Gasteiger partial charge is 0.382 e. The summed E-state index contributed by atoms with van der Waals surface area (Å²) in [6.07, 6.45) is 2.71. The maximum atomic E-state index is 5.27. The van der Waals surface area contributed by atoms with E-state index in [1.165, 1.54) is 0 Å². The van der Waals surface area contributed by atoms with Crippen LogP contribution in [0.1, 0.15) is 20.3 Å². The average molecular weight is 303 g/mol. The number of anilines is 2. The lowest BCUT2D eigenvalue weighted by molar-refractivity contribution is 0.147. The molecule has 0 saturated carbocycles. The van der Waals surface area contributed by atoms with Crippen LogP contribution in [0, 0.1) is 0 Å². The molecule has 5 nitrogen and oxygen atoms in total. The van der Waals surface area contributed by atoms with Gasteiger partial charge in [0.25, 0.3) is 0 Å². The number of halogens is 1.